The average molecular weight is 465 g/mol. The lowest BCUT2D eigenvalue weighted by molar-refractivity contribution is -0.231. The molecule has 7 nitrogen and oxygen atoms in total. The van der Waals surface area contributed by atoms with E-state index in [0.717, 1.165) is 36.5 Å². The van der Waals surface area contributed by atoms with Crippen molar-refractivity contribution in [2.75, 3.05) is 26.4 Å². The van der Waals surface area contributed by atoms with Crippen molar-refractivity contribution in [3.8, 4) is 5.75 Å². The molecule has 174 valence electrons. The molecule has 0 aliphatic carbocycles. The highest BCUT2D eigenvalue weighted by atomic mass is 35.5. The summed E-state index contributed by atoms with van der Waals surface area (Å²) in [5, 5.41) is 40.5. The van der Waals surface area contributed by atoms with Crippen molar-refractivity contribution in [3.63, 3.8) is 0 Å². The van der Waals surface area contributed by atoms with Gasteiger partial charge in [0.15, 0.2) is 0 Å². The molecule has 0 saturated carbocycles. The van der Waals surface area contributed by atoms with Gasteiger partial charge >= 0.3 is 0 Å². The molecule has 0 bridgehead atoms. The number of ether oxygens (including phenoxy) is 3. The van der Waals surface area contributed by atoms with Crippen LogP contribution in [0.5, 0.6) is 5.75 Å². The predicted molar refractivity (Wildman–Crippen MR) is 118 cm³/mol. The predicted octanol–water partition coefficient (Wildman–Crippen LogP) is 1.86. The molecule has 4 rings (SSSR count). The van der Waals surface area contributed by atoms with Crippen LogP contribution in [-0.4, -0.2) is 71.3 Å². The first-order valence-electron chi connectivity index (χ1n) is 10.8. The number of hydrogen-bond acceptors (Lipinski definition) is 7. The summed E-state index contributed by atoms with van der Waals surface area (Å²) < 4.78 is 16.9. The maximum absolute atomic E-state index is 10.4. The summed E-state index contributed by atoms with van der Waals surface area (Å²) >= 11 is 6.41. The number of aliphatic hydroxyl groups is 4. The highest BCUT2D eigenvalue weighted by Crippen LogP contribution is 2.34. The standard InChI is InChI=1S/C24H29ClO7/c25-19-6-3-16(24-23(29)22(28)21(27)20(11-26)32-24)10-17(19)9-14-1-4-18(5-2-14)31-13-15-7-8-30-12-15/h1-6,10,15,20-24,26-29H,7-9,11-13H2/t15?,20-,21-,22+,23-,24?/m1/s1. The van der Waals surface area contributed by atoms with E-state index in [1.807, 2.05) is 30.3 Å². The Kier molecular flexibility index (Phi) is 7.68. The molecule has 2 aliphatic rings. The van der Waals surface area contributed by atoms with Crippen LogP contribution in [-0.2, 0) is 15.9 Å². The van der Waals surface area contributed by atoms with E-state index >= 15 is 0 Å². The third kappa shape index (κ3) is 5.26. The Labute approximate surface area is 192 Å². The van der Waals surface area contributed by atoms with Crippen molar-refractivity contribution >= 4 is 11.6 Å². The third-order valence-electron chi connectivity index (χ3n) is 6.12. The summed E-state index contributed by atoms with van der Waals surface area (Å²) in [6.07, 6.45) is -4.41. The maximum atomic E-state index is 10.4. The van der Waals surface area contributed by atoms with Gasteiger partial charge in [-0.25, -0.2) is 0 Å². The zero-order valence-electron chi connectivity index (χ0n) is 17.6. The van der Waals surface area contributed by atoms with Crippen LogP contribution >= 0.6 is 11.6 Å². The lowest BCUT2D eigenvalue weighted by Crippen LogP contribution is -2.55. The van der Waals surface area contributed by atoms with Crippen LogP contribution in [0.3, 0.4) is 0 Å². The van der Waals surface area contributed by atoms with Gasteiger partial charge in [0.05, 0.1) is 19.8 Å². The molecule has 2 aromatic carbocycles. The molecule has 8 heteroatoms. The molecule has 4 N–H and O–H groups in total. The van der Waals surface area contributed by atoms with Crippen LogP contribution in [0, 0.1) is 5.92 Å². The average Bonchev–Trinajstić information content (AvgIpc) is 3.33. The smallest absolute Gasteiger partial charge is 0.119 e. The van der Waals surface area contributed by atoms with Crippen LogP contribution in [0.2, 0.25) is 5.02 Å². The molecular formula is C24H29ClO7. The van der Waals surface area contributed by atoms with E-state index in [-0.39, 0.29) is 0 Å². The number of aliphatic hydroxyl groups excluding tert-OH is 4. The summed E-state index contributed by atoms with van der Waals surface area (Å²) in [5.74, 6) is 1.25. The quantitative estimate of drug-likeness (QED) is 0.495. The van der Waals surface area contributed by atoms with Gasteiger partial charge in [-0.2, -0.15) is 0 Å². The molecule has 2 aliphatic heterocycles. The first kappa shape index (κ1) is 23.4. The summed E-state index contributed by atoms with van der Waals surface area (Å²) in [7, 11) is 0. The molecule has 0 spiro atoms. The van der Waals surface area contributed by atoms with Gasteiger partial charge in [-0.3, -0.25) is 0 Å². The molecule has 2 unspecified atom stereocenters. The molecule has 6 atom stereocenters. The molecule has 0 amide bonds. The fourth-order valence-corrected chi connectivity index (χ4v) is 4.32. The molecule has 2 aromatic rings. The van der Waals surface area contributed by atoms with Gasteiger partial charge in [-0.15, -0.1) is 0 Å². The van der Waals surface area contributed by atoms with Crippen LogP contribution in [0.15, 0.2) is 42.5 Å². The normalized spacial score (nSPS) is 30.4. The fourth-order valence-electron chi connectivity index (χ4n) is 4.14. The van der Waals surface area contributed by atoms with E-state index in [1.54, 1.807) is 12.1 Å². The van der Waals surface area contributed by atoms with Gasteiger partial charge in [0.2, 0.25) is 0 Å². The topological polar surface area (TPSA) is 109 Å². The minimum atomic E-state index is -1.42. The van der Waals surface area contributed by atoms with Crippen molar-refractivity contribution in [2.24, 2.45) is 5.92 Å². The van der Waals surface area contributed by atoms with E-state index in [1.165, 1.54) is 0 Å². The number of halogens is 1. The van der Waals surface area contributed by atoms with E-state index in [4.69, 9.17) is 25.8 Å². The Balaban J connectivity index is 1.44. The second kappa shape index (κ2) is 10.5. The second-order valence-corrected chi connectivity index (χ2v) is 8.87. The van der Waals surface area contributed by atoms with Crippen LogP contribution < -0.4 is 4.74 Å². The van der Waals surface area contributed by atoms with Crippen LogP contribution in [0.1, 0.15) is 29.2 Å². The van der Waals surface area contributed by atoms with Gasteiger partial charge in [-0.05, 0) is 47.7 Å². The van der Waals surface area contributed by atoms with Gasteiger partial charge in [0, 0.05) is 17.5 Å². The van der Waals surface area contributed by atoms with Crippen LogP contribution in [0.4, 0.5) is 0 Å². The minimum Gasteiger partial charge on any atom is -0.493 e. The van der Waals surface area contributed by atoms with Crippen molar-refractivity contribution < 1.29 is 34.6 Å². The van der Waals surface area contributed by atoms with E-state index in [0.29, 0.717) is 29.5 Å². The lowest BCUT2D eigenvalue weighted by atomic mass is 9.90. The Morgan fingerprint density at radius 2 is 1.78 bits per heavy atom. The Morgan fingerprint density at radius 1 is 1.00 bits per heavy atom. The monoisotopic (exact) mass is 464 g/mol. The van der Waals surface area contributed by atoms with Crippen molar-refractivity contribution in [2.45, 2.75) is 43.4 Å². The van der Waals surface area contributed by atoms with Crippen molar-refractivity contribution in [3.05, 3.63) is 64.2 Å². The van der Waals surface area contributed by atoms with Crippen molar-refractivity contribution in [1.82, 2.24) is 0 Å². The van der Waals surface area contributed by atoms with E-state index < -0.39 is 37.1 Å². The van der Waals surface area contributed by atoms with Gasteiger partial charge in [0.25, 0.3) is 0 Å². The first-order chi connectivity index (χ1) is 15.5. The minimum absolute atomic E-state index is 0.443. The van der Waals surface area contributed by atoms with Gasteiger partial charge < -0.3 is 34.6 Å². The molecule has 0 radical (unpaired) electrons. The number of hydrogen-bond donors (Lipinski definition) is 4. The zero-order valence-corrected chi connectivity index (χ0v) is 18.4. The summed E-state index contributed by atoms with van der Waals surface area (Å²) in [4.78, 5) is 0. The highest BCUT2D eigenvalue weighted by molar-refractivity contribution is 6.31. The fraction of sp³-hybridized carbons (Fsp3) is 0.500. The summed E-state index contributed by atoms with van der Waals surface area (Å²) in [5.41, 5.74) is 2.48. The molecule has 2 fully saturated rings. The molecule has 32 heavy (non-hydrogen) atoms. The SMILES string of the molecule is OC[C@H]1OC(c2ccc(Cl)c(Cc3ccc(OCC4CCOC4)cc3)c2)[C@H](O)[C@@H](O)[C@@H]1O. The summed E-state index contributed by atoms with van der Waals surface area (Å²) in [6.45, 7) is 1.73. The van der Waals surface area contributed by atoms with Gasteiger partial charge in [-0.1, -0.05) is 35.9 Å². The molecule has 2 heterocycles. The third-order valence-corrected chi connectivity index (χ3v) is 6.49. The molecule has 0 aromatic heterocycles. The first-order valence-corrected chi connectivity index (χ1v) is 11.2. The lowest BCUT2D eigenvalue weighted by Gasteiger charge is -2.40. The largest absolute Gasteiger partial charge is 0.493 e. The van der Waals surface area contributed by atoms with E-state index in [2.05, 4.69) is 0 Å². The summed E-state index contributed by atoms with van der Waals surface area (Å²) in [6, 6.07) is 13.1. The second-order valence-electron chi connectivity index (χ2n) is 8.46. The maximum Gasteiger partial charge on any atom is 0.119 e. The van der Waals surface area contributed by atoms with Gasteiger partial charge in [0.1, 0.15) is 36.3 Å². The van der Waals surface area contributed by atoms with E-state index in [9.17, 15) is 20.4 Å². The highest BCUT2D eigenvalue weighted by Gasteiger charge is 2.44. The molecule has 2 saturated heterocycles. The van der Waals surface area contributed by atoms with Crippen LogP contribution in [0.25, 0.3) is 0 Å². The van der Waals surface area contributed by atoms with Crippen molar-refractivity contribution in [1.29, 1.82) is 0 Å². The zero-order chi connectivity index (χ0) is 22.7. The molecular weight excluding hydrogens is 436 g/mol. The Hall–Kier alpha value is -1.71. The Morgan fingerprint density at radius 3 is 2.47 bits per heavy atom. The number of rotatable bonds is 7. The Bertz CT molecular complexity index is 882. The number of benzene rings is 2.